The fourth-order valence-corrected chi connectivity index (χ4v) is 215. The van der Waals surface area contributed by atoms with Crippen LogP contribution >= 0.6 is 204 Å². The van der Waals surface area contributed by atoms with Crippen molar-refractivity contribution >= 4 is 392 Å². The van der Waals surface area contributed by atoms with Gasteiger partial charge in [0.25, 0.3) is 0 Å². The van der Waals surface area contributed by atoms with Crippen molar-refractivity contribution in [2.75, 3.05) is 0 Å². The molecule has 18 aromatic heterocycles. The second kappa shape index (κ2) is 38.0. The predicted molar refractivity (Wildman–Crippen MR) is 697 cm³/mol. The molecule has 0 atom stereocenters. The summed E-state index contributed by atoms with van der Waals surface area (Å²) < 4.78 is 25.2. The van der Waals surface area contributed by atoms with E-state index in [1.54, 1.807) is 67.5 Å². The van der Waals surface area contributed by atoms with Crippen LogP contribution in [0.4, 0.5) is 0 Å². The summed E-state index contributed by atoms with van der Waals surface area (Å²) >= 11 is 37.7. The smallest absolute Gasteiger partial charge is 0.0927 e. The van der Waals surface area contributed by atoms with Crippen LogP contribution in [0.3, 0.4) is 0 Å². The van der Waals surface area contributed by atoms with Crippen LogP contribution in [-0.2, 0) is 0 Å². The first-order chi connectivity index (χ1) is 64.0. The second-order valence-electron chi connectivity index (χ2n) is 45.9. The van der Waals surface area contributed by atoms with Crippen LogP contribution in [0.5, 0.6) is 0 Å². The zero-order valence-corrected chi connectivity index (χ0v) is 116. The first kappa shape index (κ1) is 105. The summed E-state index contributed by atoms with van der Waals surface area (Å²) in [6.07, 6.45) is 0. The van der Waals surface area contributed by atoms with E-state index in [1.165, 1.54) is 87.8 Å². The van der Waals surface area contributed by atoms with Gasteiger partial charge in [0.15, 0.2) is 0 Å². The molecule has 0 spiro atoms. The molecule has 0 saturated carbocycles. The minimum atomic E-state index is -2.35. The highest BCUT2D eigenvalue weighted by Gasteiger charge is 2.67. The van der Waals surface area contributed by atoms with Gasteiger partial charge in [-0.25, -0.2) is 0 Å². The van der Waals surface area contributed by atoms with Crippen LogP contribution in [-0.4, -0.2) is 120 Å². The van der Waals surface area contributed by atoms with Gasteiger partial charge in [-0.05, 0) is 193 Å². The molecular formula is C103H132S18Si16. The zero-order valence-electron chi connectivity index (χ0n) is 85.4. The summed E-state index contributed by atoms with van der Waals surface area (Å²) in [7, 11) is -29.4. The molecule has 18 heterocycles. The topological polar surface area (TPSA) is 0 Å². The molecule has 0 nitrogen and oxygen atoms in total. The lowest BCUT2D eigenvalue weighted by atomic mass is 10.4. The lowest BCUT2D eigenvalue weighted by Crippen LogP contribution is -2.90. The third-order valence-electron chi connectivity index (χ3n) is 35.2. The standard InChI is InChI=1S/C103H132S18Si16/c1-122(2,89-53-38-74(107-89)71-35-32-68-104-71)125(7,8)92-56-41-77(110-92)80-44-59-95(113-80)128(13,14)131(19,20)98-62-47-83(116-98)86-50-65-101(119-86)134(25,26)137(31,135(27,28)102-66-51-87(120-102)84-48-63-99(117-84)132(21,22)129(15,16)96-60-45-81(114-96)78-42-57-93(111-78)126(9,10)123(3,4)90-54-39-75(108-90)72-36-33-69-105-72)136(29,30)103-67-52-88(121-103)85-49-64-100(118-85)133(23,24)130(17,18)97-61-46-82(115-97)79-43-58-94(112-79)127(11,12)124(5,6)91-55-40-76(109-91)73-37-34-70-106-73/h32-70H,1-31H3. The number of hydrogen-bond acceptors (Lipinski definition) is 18. The van der Waals surface area contributed by atoms with Crippen molar-refractivity contribution < 1.29 is 0 Å². The van der Waals surface area contributed by atoms with Gasteiger partial charge in [0.1, 0.15) is 0 Å². The summed E-state index contributed by atoms with van der Waals surface area (Å²) in [5.41, 5.74) is 0. The first-order valence-electron chi connectivity index (χ1n) is 47.7. The van der Waals surface area contributed by atoms with Crippen molar-refractivity contribution in [2.45, 2.75) is 203 Å². The van der Waals surface area contributed by atoms with Crippen LogP contribution in [0.15, 0.2) is 235 Å². The Morgan fingerprint density at radius 3 is 0.299 bits per heavy atom. The molecule has 34 heteroatoms. The average molecular weight is 2400 g/mol. The Kier molecular flexibility index (Phi) is 29.1. The highest BCUT2D eigenvalue weighted by molar-refractivity contribution is 7.96. The predicted octanol–water partition coefficient (Wildman–Crippen LogP) is 30.9. The fraction of sp³-hybridized carbons (Fsp3) is 0.301. The molecule has 0 N–H and O–H groups in total. The lowest BCUT2D eigenvalue weighted by Gasteiger charge is -2.57. The first-order valence-corrected chi connectivity index (χ1v) is 119. The van der Waals surface area contributed by atoms with Crippen LogP contribution in [0, 0.1) is 0 Å². The van der Waals surface area contributed by atoms with Gasteiger partial charge in [0.05, 0.1) is 120 Å². The summed E-state index contributed by atoms with van der Waals surface area (Å²) in [5.74, 6) is 0. The molecule has 0 aromatic carbocycles. The zero-order chi connectivity index (χ0) is 98.4. The van der Waals surface area contributed by atoms with E-state index in [9.17, 15) is 0 Å². The maximum absolute atomic E-state index is 3.04. The van der Waals surface area contributed by atoms with Crippen LogP contribution in [0.25, 0.3) is 87.8 Å². The molecule has 137 heavy (non-hydrogen) atoms. The molecule has 0 bridgehead atoms. The van der Waals surface area contributed by atoms with E-state index in [0.29, 0.717) is 0 Å². The summed E-state index contributed by atoms with van der Waals surface area (Å²) in [4.78, 5) is 26.2. The van der Waals surface area contributed by atoms with Crippen molar-refractivity contribution in [2.24, 2.45) is 0 Å². The monoisotopic (exact) mass is 2390 g/mol. The molecular weight excluding hydrogens is 2260 g/mol. The highest BCUT2D eigenvalue weighted by atomic mass is 32.2. The van der Waals surface area contributed by atoms with E-state index in [4.69, 9.17) is 0 Å². The average Bonchev–Trinajstić information content (AvgIpc) is 1.68. The Morgan fingerprint density at radius 1 is 0.109 bits per heavy atom. The summed E-state index contributed by atoms with van der Waals surface area (Å²) in [6, 6.07) is 89.8. The Morgan fingerprint density at radius 2 is 0.204 bits per heavy atom. The molecule has 0 aliphatic rings. The van der Waals surface area contributed by atoms with E-state index >= 15 is 0 Å². The van der Waals surface area contributed by atoms with Gasteiger partial charge in [-0.3, -0.25) is 0 Å². The normalized spacial score (nSPS) is 13.9. The Hall–Kier alpha value is -1.93. The van der Waals surface area contributed by atoms with Gasteiger partial charge >= 0.3 is 0 Å². The summed E-state index contributed by atoms with van der Waals surface area (Å²) in [6.45, 7) is 82.9. The Balaban J connectivity index is 0.619. The molecule has 0 fully saturated rings. The van der Waals surface area contributed by atoms with Gasteiger partial charge in [-0.2, -0.15) is 0 Å². The third-order valence-corrected chi connectivity index (χ3v) is 261. The Labute approximate surface area is 904 Å². The minimum absolute atomic E-state index is 1.40. The SMILES string of the molecule is C[Si](C)(c1ccc(-c2cccs2)s1)[Si](C)(C)c1ccc(-c2ccc([Si](C)(C)[Si](C)(C)c3ccc(-c4ccc([Si](C)(C)[Si](C)([Si](C)(C)c5ccc(-c6ccc([Si](C)(C)[Si](C)(C)c7ccc(-c8ccc([Si](C)(C)[Si](C)(C)c9ccc(-c%10cccs%10)s9)s8)s7)s6)s5)[Si](C)(C)c5ccc(-c6ccc([Si](C)(C)[Si](C)(C)c7ccc(-c8ccc([Si](C)(C)[Si](C)(C)c9ccc(-c%10cccs%10)s9)s8)s7)s6)s5)s4)s3)s2)s1. The molecule has 18 rings (SSSR count). The molecule has 0 unspecified atom stereocenters. The second-order valence-corrected chi connectivity index (χ2v) is 199. The molecule has 0 amide bonds. The quantitative estimate of drug-likeness (QED) is 0.0360. The number of rotatable bonds is 33. The van der Waals surface area contributed by atoms with Gasteiger partial charge in [-0.1, -0.05) is 312 Å². The third kappa shape index (κ3) is 17.9. The van der Waals surface area contributed by atoms with Gasteiger partial charge in [0.2, 0.25) is 0 Å². The molecule has 0 aliphatic heterocycles. The van der Waals surface area contributed by atoms with Crippen LogP contribution < -0.4 is 67.5 Å². The minimum Gasteiger partial charge on any atom is -0.144 e. The van der Waals surface area contributed by atoms with Gasteiger partial charge in [-0.15, -0.1) is 204 Å². The van der Waals surface area contributed by atoms with E-state index in [2.05, 4.69) is 608 Å². The number of hydrogen-bond donors (Lipinski definition) is 0. The maximum Gasteiger partial charge on any atom is 0.0927 e. The van der Waals surface area contributed by atoms with Crippen molar-refractivity contribution in [3.63, 3.8) is 0 Å². The van der Waals surface area contributed by atoms with Crippen molar-refractivity contribution in [3.05, 3.63) is 235 Å². The molecule has 0 radical (unpaired) electrons. The van der Waals surface area contributed by atoms with Crippen molar-refractivity contribution in [3.8, 4) is 87.8 Å². The van der Waals surface area contributed by atoms with Gasteiger partial charge < -0.3 is 0 Å². The van der Waals surface area contributed by atoms with E-state index < -0.39 is 120 Å². The van der Waals surface area contributed by atoms with E-state index in [-0.39, 0.29) is 0 Å². The fourth-order valence-electron chi connectivity index (χ4n) is 20.1. The highest BCUT2D eigenvalue weighted by Crippen LogP contribution is 2.48. The molecule has 716 valence electrons. The number of thiophene rings is 18. The van der Waals surface area contributed by atoms with Crippen LogP contribution in [0.2, 0.25) is 203 Å². The molecule has 18 aromatic rings. The van der Waals surface area contributed by atoms with Gasteiger partial charge in [0, 0.05) is 87.8 Å². The summed E-state index contributed by atoms with van der Waals surface area (Å²) in [5, 5.41) is 6.65. The largest absolute Gasteiger partial charge is 0.144 e. The molecule has 0 aliphatic carbocycles. The van der Waals surface area contributed by atoms with E-state index in [0.717, 1.165) is 0 Å². The van der Waals surface area contributed by atoms with Crippen molar-refractivity contribution in [1.82, 2.24) is 0 Å². The van der Waals surface area contributed by atoms with Crippen molar-refractivity contribution in [1.29, 1.82) is 0 Å². The van der Waals surface area contributed by atoms with Crippen LogP contribution in [0.1, 0.15) is 0 Å². The molecule has 0 saturated heterocycles. The lowest BCUT2D eigenvalue weighted by molar-refractivity contribution is 1.80. The van der Waals surface area contributed by atoms with E-state index in [1.807, 2.05) is 34.0 Å². The maximum atomic E-state index is 3.04. The Bertz CT molecular complexity index is 6660.